The van der Waals surface area contributed by atoms with Gasteiger partial charge in [-0.1, -0.05) is 141 Å². The van der Waals surface area contributed by atoms with Crippen molar-refractivity contribution in [3.8, 4) is 0 Å². The molecule has 0 bridgehead atoms. The van der Waals surface area contributed by atoms with E-state index >= 15 is 0 Å². The second kappa shape index (κ2) is 36.6. The van der Waals surface area contributed by atoms with E-state index in [1.807, 2.05) is 0 Å². The summed E-state index contributed by atoms with van der Waals surface area (Å²) in [5.74, 6) is 0. The number of unbranched alkanes of at least 4 members (excludes halogenated alkanes) is 22. The summed E-state index contributed by atoms with van der Waals surface area (Å²) < 4.78 is 12.2. The van der Waals surface area contributed by atoms with Gasteiger partial charge in [0, 0.05) is 19.8 Å². The quantitative estimate of drug-likeness (QED) is 0.0540. The van der Waals surface area contributed by atoms with Crippen molar-refractivity contribution >= 4 is 0 Å². The monoisotopic (exact) mass is 592 g/mol. The molecule has 42 heavy (non-hydrogen) atoms. The largest absolute Gasteiger partial charge is 0.379 e. The van der Waals surface area contributed by atoms with Gasteiger partial charge in [0.05, 0.1) is 12.7 Å². The van der Waals surface area contributed by atoms with Crippen LogP contribution in [0.4, 0.5) is 0 Å². The number of ether oxygens (including phenoxy) is 2. The van der Waals surface area contributed by atoms with Gasteiger partial charge in [-0.05, 0) is 78.3 Å². The van der Waals surface area contributed by atoms with E-state index < -0.39 is 0 Å². The average molecular weight is 592 g/mol. The first kappa shape index (κ1) is 41.4. The summed E-state index contributed by atoms with van der Waals surface area (Å²) in [4.78, 5) is 2.22. The van der Waals surface area contributed by atoms with Gasteiger partial charge >= 0.3 is 0 Å². The molecule has 0 aromatic carbocycles. The Morgan fingerprint density at radius 3 is 1.21 bits per heavy atom. The first-order valence-corrected chi connectivity index (χ1v) is 18.8. The lowest BCUT2D eigenvalue weighted by atomic mass is 10.1. The van der Waals surface area contributed by atoms with Crippen molar-refractivity contribution in [2.75, 3.05) is 40.5 Å². The molecular formula is C39H77NO2. The summed E-state index contributed by atoms with van der Waals surface area (Å²) >= 11 is 0. The molecule has 0 N–H and O–H groups in total. The van der Waals surface area contributed by atoms with Crippen LogP contribution in [0.2, 0.25) is 0 Å². The third kappa shape index (κ3) is 35.6. The molecule has 0 aromatic heterocycles. The van der Waals surface area contributed by atoms with Crippen molar-refractivity contribution in [3.05, 3.63) is 24.3 Å². The van der Waals surface area contributed by atoms with Crippen molar-refractivity contribution in [3.63, 3.8) is 0 Å². The van der Waals surface area contributed by atoms with Gasteiger partial charge in [-0.2, -0.15) is 0 Å². The Bertz CT molecular complexity index is 545. The minimum Gasteiger partial charge on any atom is -0.379 e. The smallest absolute Gasteiger partial charge is 0.0934 e. The third-order valence-electron chi connectivity index (χ3n) is 8.18. The Labute approximate surface area is 265 Å². The molecule has 0 amide bonds. The molecule has 3 nitrogen and oxygen atoms in total. The number of likely N-dealkylation sites (N-methyl/N-ethyl adjacent to an activating group) is 1. The lowest BCUT2D eigenvalue weighted by Crippen LogP contribution is -2.32. The van der Waals surface area contributed by atoms with Gasteiger partial charge in [0.1, 0.15) is 0 Å². The highest BCUT2D eigenvalue weighted by Crippen LogP contribution is 2.12. The van der Waals surface area contributed by atoms with Crippen LogP contribution < -0.4 is 0 Å². The zero-order valence-electron chi connectivity index (χ0n) is 29.4. The number of allylic oxidation sites excluding steroid dienone is 4. The van der Waals surface area contributed by atoms with Crippen LogP contribution in [0.25, 0.3) is 0 Å². The number of hydrogen-bond donors (Lipinski definition) is 0. The molecule has 0 rings (SSSR count). The van der Waals surface area contributed by atoms with Crippen LogP contribution in [0, 0.1) is 0 Å². The van der Waals surface area contributed by atoms with Gasteiger partial charge in [-0.3, -0.25) is 0 Å². The van der Waals surface area contributed by atoms with Gasteiger partial charge in [-0.25, -0.2) is 0 Å². The van der Waals surface area contributed by atoms with E-state index in [9.17, 15) is 0 Å². The molecule has 0 aliphatic heterocycles. The molecule has 1 atom stereocenters. The minimum atomic E-state index is 0.197. The summed E-state index contributed by atoms with van der Waals surface area (Å²) in [5, 5.41) is 0. The second-order valence-corrected chi connectivity index (χ2v) is 13.0. The molecule has 0 heterocycles. The van der Waals surface area contributed by atoms with Crippen LogP contribution in [-0.2, 0) is 9.47 Å². The fraction of sp³-hybridized carbons (Fsp3) is 0.897. The maximum absolute atomic E-state index is 6.21. The van der Waals surface area contributed by atoms with E-state index in [4.69, 9.17) is 9.47 Å². The standard InChI is InChI=1S/C39H77NO2/c1-5-7-9-11-13-15-17-19-21-23-25-27-29-31-33-35-41-38-39(37-40(3)4)42-36-34-32-30-28-26-24-22-20-18-16-14-12-10-8-6-2/h17-20,39H,5-16,21-38H2,1-4H3/b19-17+,20-18+. The third-order valence-corrected chi connectivity index (χ3v) is 8.18. The van der Waals surface area contributed by atoms with Crippen LogP contribution in [0.15, 0.2) is 24.3 Å². The fourth-order valence-corrected chi connectivity index (χ4v) is 5.47. The highest BCUT2D eigenvalue weighted by molar-refractivity contribution is 4.82. The van der Waals surface area contributed by atoms with E-state index in [1.165, 1.54) is 167 Å². The van der Waals surface area contributed by atoms with E-state index in [-0.39, 0.29) is 6.10 Å². The predicted octanol–water partition coefficient (Wildman–Crippen LogP) is 12.2. The van der Waals surface area contributed by atoms with Crippen LogP contribution in [-0.4, -0.2) is 51.5 Å². The van der Waals surface area contributed by atoms with Crippen LogP contribution in [0.1, 0.15) is 181 Å². The van der Waals surface area contributed by atoms with Crippen molar-refractivity contribution in [2.24, 2.45) is 0 Å². The molecule has 0 fully saturated rings. The number of nitrogens with zero attached hydrogens (tertiary/aromatic N) is 1. The van der Waals surface area contributed by atoms with E-state index in [0.29, 0.717) is 0 Å². The zero-order valence-corrected chi connectivity index (χ0v) is 29.4. The summed E-state index contributed by atoms with van der Waals surface area (Å²) in [5.41, 5.74) is 0. The summed E-state index contributed by atoms with van der Waals surface area (Å²) in [6.45, 7) is 7.99. The molecule has 0 aliphatic rings. The van der Waals surface area contributed by atoms with Crippen LogP contribution in [0.5, 0.6) is 0 Å². The van der Waals surface area contributed by atoms with Crippen molar-refractivity contribution < 1.29 is 9.47 Å². The van der Waals surface area contributed by atoms with Crippen LogP contribution in [0.3, 0.4) is 0 Å². The molecule has 250 valence electrons. The van der Waals surface area contributed by atoms with E-state index in [1.54, 1.807) is 0 Å². The Morgan fingerprint density at radius 2 is 0.810 bits per heavy atom. The minimum absolute atomic E-state index is 0.197. The predicted molar refractivity (Wildman–Crippen MR) is 189 cm³/mol. The second-order valence-electron chi connectivity index (χ2n) is 13.0. The highest BCUT2D eigenvalue weighted by atomic mass is 16.5. The summed E-state index contributed by atoms with van der Waals surface area (Å²) in [6, 6.07) is 0. The SMILES string of the molecule is CCCCCCC/C=C/CCCCCCCCOCC(CN(C)C)OCCCCCCCC/C=C/CCCCCCC. The average Bonchev–Trinajstić information content (AvgIpc) is 2.98. The van der Waals surface area contributed by atoms with Gasteiger partial charge < -0.3 is 14.4 Å². The molecule has 3 heteroatoms. The van der Waals surface area contributed by atoms with Crippen LogP contribution >= 0.6 is 0 Å². The van der Waals surface area contributed by atoms with Crippen molar-refractivity contribution in [1.82, 2.24) is 4.90 Å². The number of rotatable bonds is 35. The van der Waals surface area contributed by atoms with E-state index in [0.717, 1.165) is 26.4 Å². The van der Waals surface area contributed by atoms with Crippen molar-refractivity contribution in [1.29, 1.82) is 0 Å². The van der Waals surface area contributed by atoms with Gasteiger partial charge in [0.15, 0.2) is 0 Å². The molecule has 0 aliphatic carbocycles. The molecular weight excluding hydrogens is 514 g/mol. The number of hydrogen-bond acceptors (Lipinski definition) is 3. The fourth-order valence-electron chi connectivity index (χ4n) is 5.47. The first-order valence-electron chi connectivity index (χ1n) is 18.8. The first-order chi connectivity index (χ1) is 20.7. The topological polar surface area (TPSA) is 21.7 Å². The Hall–Kier alpha value is -0.640. The summed E-state index contributed by atoms with van der Waals surface area (Å²) in [7, 11) is 4.26. The highest BCUT2D eigenvalue weighted by Gasteiger charge is 2.10. The van der Waals surface area contributed by atoms with E-state index in [2.05, 4.69) is 57.1 Å². The van der Waals surface area contributed by atoms with Gasteiger partial charge in [0.25, 0.3) is 0 Å². The normalized spacial score (nSPS) is 12.9. The van der Waals surface area contributed by atoms with Gasteiger partial charge in [0.2, 0.25) is 0 Å². The Morgan fingerprint density at radius 1 is 0.452 bits per heavy atom. The molecule has 0 saturated heterocycles. The van der Waals surface area contributed by atoms with Gasteiger partial charge in [-0.15, -0.1) is 0 Å². The lowest BCUT2D eigenvalue weighted by Gasteiger charge is -2.21. The Kier molecular flexibility index (Phi) is 36.0. The zero-order chi connectivity index (χ0) is 30.6. The molecule has 0 aromatic rings. The molecule has 0 radical (unpaired) electrons. The molecule has 1 unspecified atom stereocenters. The molecule has 0 saturated carbocycles. The maximum atomic E-state index is 6.21. The lowest BCUT2D eigenvalue weighted by molar-refractivity contribution is -0.0287. The maximum Gasteiger partial charge on any atom is 0.0934 e. The molecule has 0 spiro atoms. The summed E-state index contributed by atoms with van der Waals surface area (Å²) in [6.07, 6.45) is 44.6. The van der Waals surface area contributed by atoms with Crippen molar-refractivity contribution in [2.45, 2.75) is 187 Å². The Balaban J connectivity index is 3.53.